The third-order valence-electron chi connectivity index (χ3n) is 7.09. The van der Waals surface area contributed by atoms with Crippen LogP contribution < -0.4 is 81.7 Å². The zero-order valence-corrected chi connectivity index (χ0v) is 54.9. The molecule has 0 aliphatic carbocycles. The van der Waals surface area contributed by atoms with Crippen LogP contribution in [0.2, 0.25) is 0 Å². The summed E-state index contributed by atoms with van der Waals surface area (Å²) in [6.45, 7) is 17.8. The second-order valence-electron chi connectivity index (χ2n) is 14.9. The normalized spacial score (nSPS) is 9.97. The largest absolute Gasteiger partial charge is 4.00 e. The van der Waals surface area contributed by atoms with Gasteiger partial charge in [-0.05, 0) is 78.5 Å². The fourth-order valence-electron chi connectivity index (χ4n) is 4.41. The quantitative estimate of drug-likeness (QED) is 0.0435. The molecule has 0 bridgehead atoms. The van der Waals surface area contributed by atoms with Gasteiger partial charge in [-0.25, -0.2) is 0 Å². The van der Waals surface area contributed by atoms with Crippen molar-refractivity contribution in [1.82, 2.24) is 29.4 Å². The van der Waals surface area contributed by atoms with Gasteiger partial charge in [0.2, 0.25) is 0 Å². The van der Waals surface area contributed by atoms with Crippen LogP contribution in [0.15, 0.2) is 0 Å². The first-order valence-electron chi connectivity index (χ1n) is 23.3. The van der Waals surface area contributed by atoms with Crippen LogP contribution in [-0.2, 0) is 86.9 Å². The number of alkyl halides is 4. The first-order valence-corrected chi connectivity index (χ1v) is 25.4. The fourth-order valence-corrected chi connectivity index (χ4v) is 4.41. The van der Waals surface area contributed by atoms with E-state index in [4.69, 9.17) is 46.4 Å². The minimum Gasteiger partial charge on any atom is -0.854 e. The van der Waals surface area contributed by atoms with Crippen LogP contribution in [0.1, 0.15) is 55.4 Å². The van der Waals surface area contributed by atoms with Crippen molar-refractivity contribution < 1.29 is 169 Å². The molecule has 0 fully saturated rings. The maximum absolute atomic E-state index is 10.5. The second-order valence-corrected chi connectivity index (χ2v) is 16.5. The number of halogens is 4. The predicted molar refractivity (Wildman–Crippen MR) is 251 cm³/mol. The average molecular weight is 1290 g/mol. The number of nitrogens with zero attached hydrogens (tertiary/aromatic N) is 6. The van der Waals surface area contributed by atoms with Gasteiger partial charge >= 0.3 is 86.9 Å². The molecule has 0 saturated heterocycles. The molecule has 0 amide bonds. The summed E-state index contributed by atoms with van der Waals surface area (Å²) in [4.78, 5) is 10.7. The zero-order valence-electron chi connectivity index (χ0n) is 45.7. The van der Waals surface area contributed by atoms with Gasteiger partial charge in [0.25, 0.3) is 0 Å². The van der Waals surface area contributed by atoms with E-state index in [1.807, 2.05) is 0 Å². The van der Waals surface area contributed by atoms with Crippen molar-refractivity contribution in [2.75, 3.05) is 208 Å². The van der Waals surface area contributed by atoms with E-state index in [1.165, 1.54) is 0 Å². The van der Waals surface area contributed by atoms with Crippen LogP contribution in [0, 0.1) is 0 Å². The van der Waals surface area contributed by atoms with Crippen molar-refractivity contribution in [3.05, 3.63) is 0 Å². The monoisotopic (exact) mass is 1290 g/mol. The first-order chi connectivity index (χ1) is 33.1. The van der Waals surface area contributed by atoms with Crippen LogP contribution in [0.5, 0.6) is 0 Å². The van der Waals surface area contributed by atoms with E-state index in [2.05, 4.69) is 0 Å². The molecule has 0 spiro atoms. The van der Waals surface area contributed by atoms with E-state index >= 15 is 0 Å². The predicted octanol–water partition coefficient (Wildman–Crippen LogP) is -13.1. The van der Waals surface area contributed by atoms with Crippen molar-refractivity contribution in [1.29, 1.82) is 0 Å². The molecule has 0 saturated carbocycles. The Bertz CT molecular complexity index is 657. The Morgan fingerprint density at radius 2 is 0.270 bits per heavy atom. The topological polar surface area (TPSA) is 388 Å². The van der Waals surface area contributed by atoms with Crippen LogP contribution in [-0.4, -0.2) is 262 Å². The molecule has 0 aliphatic rings. The summed E-state index contributed by atoms with van der Waals surface area (Å²) in [6.07, 6.45) is -1.67. The van der Waals surface area contributed by atoms with Crippen molar-refractivity contribution >= 4 is 46.4 Å². The van der Waals surface area contributed by atoms with Crippen LogP contribution >= 0.6 is 46.4 Å². The Labute approximate surface area is 527 Å². The van der Waals surface area contributed by atoms with E-state index in [9.17, 15) is 81.7 Å². The molecule has 0 aromatic carbocycles. The molecule has 0 atom stereocenters. The summed E-state index contributed by atoms with van der Waals surface area (Å²) in [7, 11) is 0. The summed E-state index contributed by atoms with van der Waals surface area (Å²) < 4.78 is 0. The van der Waals surface area contributed by atoms with Crippen molar-refractivity contribution in [2.45, 2.75) is 79.8 Å². The third kappa shape index (κ3) is 141. The number of hydrogen-bond acceptors (Lipinski definition) is 22. The summed E-state index contributed by atoms with van der Waals surface area (Å²) in [5, 5.41) is 164. The van der Waals surface area contributed by atoms with Gasteiger partial charge in [0.15, 0.2) is 0 Å². The third-order valence-corrected chi connectivity index (χ3v) is 7.09. The Morgan fingerprint density at radius 1 is 0.216 bits per heavy atom. The Morgan fingerprint density at radius 3 is 0.311 bits per heavy atom. The molecule has 74 heavy (non-hydrogen) atoms. The van der Waals surface area contributed by atoms with E-state index in [0.29, 0.717) is 118 Å². The van der Waals surface area contributed by atoms with Gasteiger partial charge in [0.05, 0.1) is 10.7 Å². The Balaban J connectivity index is -0.0000000557. The fraction of sp³-hybridized carbons (Fsp3) is 1.00. The maximum Gasteiger partial charge on any atom is 4.00 e. The van der Waals surface area contributed by atoms with E-state index in [1.54, 1.807) is 84.8 Å². The van der Waals surface area contributed by atoms with E-state index < -0.39 is 24.4 Å². The summed E-state index contributed by atoms with van der Waals surface area (Å²) in [6, 6.07) is 0. The molecule has 0 aromatic heterocycles. The standard InChI is InChI=1S/3C10H20N2O4.4C3H7O.2CH2Cl2.4Ti/c3*13-7-3-11(4-8-14)1-2-12(5-9-15)6-10-16;4*1-3(2)4;2*2-1-3;;;;/h3*1-10H2;4*3H,1-2H3;2*1H2;;;;/q3*-4;4*-1;;;4*+4. The van der Waals surface area contributed by atoms with Gasteiger partial charge in [0, 0.05) is 39.3 Å². The van der Waals surface area contributed by atoms with Crippen LogP contribution in [0.25, 0.3) is 0 Å². The molecule has 0 unspecified atom stereocenters. The van der Waals surface area contributed by atoms with Gasteiger partial charge in [-0.15, -0.1) is 150 Å². The minimum absolute atomic E-state index is 0. The first kappa shape index (κ1) is 109. The van der Waals surface area contributed by atoms with Gasteiger partial charge in [-0.3, -0.25) is 0 Å². The SMILES string of the molecule is CC(C)[O-].CC(C)[O-].CC(C)[O-].CC(C)[O-].ClCCl.ClCCl.[O-]CCN(CC[O-])CCN(CC[O-])CC[O-].[O-]CCN(CC[O-])CCN(CC[O-])CC[O-].[O-]CCN(CC[O-])CCN(CC[O-])CC[O-].[Ti+4].[Ti+4].[Ti+4].[Ti+4]. The van der Waals surface area contributed by atoms with Crippen molar-refractivity contribution in [3.63, 3.8) is 0 Å². The van der Waals surface area contributed by atoms with Gasteiger partial charge < -0.3 is 111 Å². The summed E-state index contributed by atoms with van der Waals surface area (Å²) in [5.74, 6) is 0. The Kier molecular flexibility index (Phi) is 149. The molecule has 0 rings (SSSR count). The minimum atomic E-state index is -0.417. The molecule has 0 radical (unpaired) electrons. The molecule has 22 nitrogen and oxygen atoms in total. The zero-order chi connectivity index (χ0) is 56.4. The van der Waals surface area contributed by atoms with Crippen LogP contribution in [0.4, 0.5) is 0 Å². The summed E-state index contributed by atoms with van der Waals surface area (Å²) >= 11 is 19.1. The number of rotatable bonds is 33. The van der Waals surface area contributed by atoms with E-state index in [-0.39, 0.29) is 177 Å². The molecule has 0 aliphatic heterocycles. The van der Waals surface area contributed by atoms with Gasteiger partial charge in [-0.2, -0.15) is 0 Å². The smallest absolute Gasteiger partial charge is 0.854 e. The maximum atomic E-state index is 10.5. The summed E-state index contributed by atoms with van der Waals surface area (Å²) in [5.41, 5.74) is 0. The molecule has 0 heterocycles. The second kappa shape index (κ2) is 101. The average Bonchev–Trinajstić information content (AvgIpc) is 3.25. The van der Waals surface area contributed by atoms with Crippen molar-refractivity contribution in [2.24, 2.45) is 0 Å². The Hall–Kier alpha value is 3.14. The molecule has 0 aromatic rings. The molecule has 30 heteroatoms. The van der Waals surface area contributed by atoms with Crippen LogP contribution in [0.3, 0.4) is 0 Å². The molecule has 0 N–H and O–H groups in total. The van der Waals surface area contributed by atoms with E-state index in [0.717, 1.165) is 0 Å². The van der Waals surface area contributed by atoms with Crippen molar-refractivity contribution in [3.8, 4) is 0 Å². The number of hydrogen-bond donors (Lipinski definition) is 0. The molecule has 438 valence electrons. The van der Waals surface area contributed by atoms with Gasteiger partial charge in [0.1, 0.15) is 0 Å². The molecular weight excluding hydrogens is 1200 g/mol. The molecular formula is C44H92Cl4N6O16Ti4. The van der Waals surface area contributed by atoms with Gasteiger partial charge in [-0.1, -0.05) is 55.4 Å².